The molecule has 0 saturated heterocycles. The highest BCUT2D eigenvalue weighted by molar-refractivity contribution is 6.25. The van der Waals surface area contributed by atoms with Crippen molar-refractivity contribution in [1.29, 1.82) is 0 Å². The van der Waals surface area contributed by atoms with Gasteiger partial charge in [-0.3, -0.25) is 0 Å². The van der Waals surface area contributed by atoms with Crippen LogP contribution in [0.3, 0.4) is 0 Å². The molecule has 1 heterocycles. The van der Waals surface area contributed by atoms with Crippen molar-refractivity contribution in [3.63, 3.8) is 0 Å². The van der Waals surface area contributed by atoms with Gasteiger partial charge in [0.2, 0.25) is 0 Å². The van der Waals surface area contributed by atoms with E-state index in [0.717, 1.165) is 21.9 Å². The smallest absolute Gasteiger partial charge is 0.135 e. The Bertz CT molecular complexity index is 3890. The molecule has 0 saturated carbocycles. The Balaban J connectivity index is 1.08. The minimum absolute atomic E-state index is 0.907. The number of fused-ring (bicyclic) bond motifs is 9. The van der Waals surface area contributed by atoms with Gasteiger partial charge in [-0.1, -0.05) is 206 Å². The molecule has 13 aromatic rings. The summed E-state index contributed by atoms with van der Waals surface area (Å²) >= 11 is 0. The average Bonchev–Trinajstić information content (AvgIpc) is 3.73. The second kappa shape index (κ2) is 14.2. The molecule has 12 aromatic carbocycles. The molecule has 0 fully saturated rings. The van der Waals surface area contributed by atoms with Gasteiger partial charge in [-0.25, -0.2) is 0 Å². The summed E-state index contributed by atoms with van der Waals surface area (Å²) in [7, 11) is 0. The summed E-state index contributed by atoms with van der Waals surface area (Å²) in [4.78, 5) is 0. The maximum atomic E-state index is 6.26. The van der Waals surface area contributed by atoms with Crippen LogP contribution in [0.5, 0.6) is 0 Å². The van der Waals surface area contributed by atoms with Gasteiger partial charge in [0, 0.05) is 10.8 Å². The van der Waals surface area contributed by atoms with E-state index in [4.69, 9.17) is 4.42 Å². The molecule has 0 aliphatic rings. The lowest BCUT2D eigenvalue weighted by Gasteiger charge is -2.22. The summed E-state index contributed by atoms with van der Waals surface area (Å²) in [6.45, 7) is 0. The van der Waals surface area contributed by atoms with Crippen LogP contribution >= 0.6 is 0 Å². The second-order valence-electron chi connectivity index (χ2n) is 16.6. The summed E-state index contributed by atoms with van der Waals surface area (Å²) in [5.41, 5.74) is 14.1. The Morgan fingerprint density at radius 1 is 0.206 bits per heavy atom. The molecular weight excluding hydrogens is 761 g/mol. The highest BCUT2D eigenvalue weighted by Gasteiger charge is 2.23. The number of rotatable bonds is 5. The van der Waals surface area contributed by atoms with Crippen molar-refractivity contribution in [3.8, 4) is 55.6 Å². The van der Waals surface area contributed by atoms with Crippen LogP contribution in [0.15, 0.2) is 235 Å². The van der Waals surface area contributed by atoms with E-state index in [0.29, 0.717) is 0 Å². The summed E-state index contributed by atoms with van der Waals surface area (Å²) < 4.78 is 6.26. The topological polar surface area (TPSA) is 13.1 Å². The zero-order valence-electron chi connectivity index (χ0n) is 34.3. The normalized spacial score (nSPS) is 11.8. The molecule has 292 valence electrons. The van der Waals surface area contributed by atoms with E-state index in [1.54, 1.807) is 0 Å². The van der Waals surface area contributed by atoms with E-state index in [-0.39, 0.29) is 0 Å². The van der Waals surface area contributed by atoms with Crippen molar-refractivity contribution < 1.29 is 4.42 Å². The second-order valence-corrected chi connectivity index (χ2v) is 16.6. The van der Waals surface area contributed by atoms with Gasteiger partial charge in [0.05, 0.1) is 0 Å². The predicted molar refractivity (Wildman–Crippen MR) is 268 cm³/mol. The van der Waals surface area contributed by atoms with Crippen LogP contribution in [0.1, 0.15) is 0 Å². The van der Waals surface area contributed by atoms with Gasteiger partial charge in [-0.15, -0.1) is 0 Å². The first-order valence-corrected chi connectivity index (χ1v) is 21.8. The van der Waals surface area contributed by atoms with Crippen LogP contribution in [-0.4, -0.2) is 0 Å². The van der Waals surface area contributed by atoms with Gasteiger partial charge < -0.3 is 4.42 Å². The largest absolute Gasteiger partial charge is 0.456 e. The monoisotopic (exact) mass is 798 g/mol. The molecular formula is C62H38O. The Kier molecular flexibility index (Phi) is 7.98. The van der Waals surface area contributed by atoms with Gasteiger partial charge >= 0.3 is 0 Å². The van der Waals surface area contributed by atoms with E-state index >= 15 is 0 Å². The molecule has 1 heteroatoms. The predicted octanol–water partition coefficient (Wildman–Crippen LogP) is 17.7. The van der Waals surface area contributed by atoms with Crippen LogP contribution in [0.25, 0.3) is 131 Å². The zero-order chi connectivity index (χ0) is 41.4. The first-order chi connectivity index (χ1) is 31.3. The molecule has 0 radical (unpaired) electrons. The maximum absolute atomic E-state index is 6.26. The summed E-state index contributed by atoms with van der Waals surface area (Å²) in [6.07, 6.45) is 0. The van der Waals surface area contributed by atoms with Crippen LogP contribution in [0, 0.1) is 0 Å². The van der Waals surface area contributed by atoms with Gasteiger partial charge in [0.15, 0.2) is 0 Å². The molecule has 0 N–H and O–H groups in total. The fourth-order valence-electron chi connectivity index (χ4n) is 10.6. The molecule has 0 spiro atoms. The van der Waals surface area contributed by atoms with E-state index in [1.165, 1.54) is 109 Å². The summed E-state index contributed by atoms with van der Waals surface area (Å²) in [6, 6.07) is 84.5. The fraction of sp³-hybridized carbons (Fsp3) is 0. The van der Waals surface area contributed by atoms with Crippen molar-refractivity contribution in [2.45, 2.75) is 0 Å². The van der Waals surface area contributed by atoms with E-state index in [1.807, 2.05) is 6.07 Å². The number of para-hydroxylation sites is 1. The van der Waals surface area contributed by atoms with Gasteiger partial charge in [0.1, 0.15) is 11.2 Å². The lowest BCUT2D eigenvalue weighted by Crippen LogP contribution is -1.95. The van der Waals surface area contributed by atoms with Crippen molar-refractivity contribution >= 4 is 75.8 Å². The Morgan fingerprint density at radius 2 is 0.635 bits per heavy atom. The van der Waals surface area contributed by atoms with E-state index in [2.05, 4.69) is 224 Å². The fourth-order valence-corrected chi connectivity index (χ4v) is 10.6. The molecule has 0 unspecified atom stereocenters. The average molecular weight is 799 g/mol. The standard InChI is InChI=1S/C62H38O/c1-3-17-39(18-4-1)58-44-34-32-42(37-41(44)31-35-54(58)62-49-25-10-8-22-46(49)45-21-7-9-24-48(45)61(62)40-19-5-2-6-20-40)59-50-26-11-13-28-52(50)60(53-29-14-12-27-51(53)59)43-33-36-57-55(38-43)47-23-15-16-30-56(47)63-57/h1-38H. The quantitative estimate of drug-likeness (QED) is 0.125. The van der Waals surface area contributed by atoms with E-state index < -0.39 is 0 Å². The van der Waals surface area contributed by atoms with Crippen LogP contribution < -0.4 is 0 Å². The lowest BCUT2D eigenvalue weighted by molar-refractivity contribution is 0.669. The van der Waals surface area contributed by atoms with E-state index in [9.17, 15) is 0 Å². The third-order valence-electron chi connectivity index (χ3n) is 13.2. The molecule has 13 rings (SSSR count). The lowest BCUT2D eigenvalue weighted by atomic mass is 9.81. The van der Waals surface area contributed by atoms with Crippen molar-refractivity contribution in [1.82, 2.24) is 0 Å². The minimum Gasteiger partial charge on any atom is -0.456 e. The number of benzene rings is 12. The Hall–Kier alpha value is -8.26. The Morgan fingerprint density at radius 3 is 1.22 bits per heavy atom. The first-order valence-electron chi connectivity index (χ1n) is 21.8. The molecule has 0 aliphatic heterocycles. The molecule has 0 bridgehead atoms. The minimum atomic E-state index is 0.907. The molecule has 1 aromatic heterocycles. The third-order valence-corrected chi connectivity index (χ3v) is 13.2. The summed E-state index contributed by atoms with van der Waals surface area (Å²) in [5.74, 6) is 0. The van der Waals surface area contributed by atoms with Crippen LogP contribution in [0.4, 0.5) is 0 Å². The molecule has 0 aliphatic carbocycles. The first kappa shape index (κ1) is 35.5. The molecule has 1 nitrogen and oxygen atoms in total. The van der Waals surface area contributed by atoms with Gasteiger partial charge in [0.25, 0.3) is 0 Å². The van der Waals surface area contributed by atoms with Crippen molar-refractivity contribution in [3.05, 3.63) is 231 Å². The number of hydrogen-bond donors (Lipinski definition) is 0. The third kappa shape index (κ3) is 5.50. The van der Waals surface area contributed by atoms with Crippen LogP contribution in [-0.2, 0) is 0 Å². The van der Waals surface area contributed by atoms with Crippen LogP contribution in [0.2, 0.25) is 0 Å². The number of furan rings is 1. The maximum Gasteiger partial charge on any atom is 0.135 e. The van der Waals surface area contributed by atoms with Gasteiger partial charge in [-0.2, -0.15) is 0 Å². The molecule has 0 amide bonds. The Labute approximate surface area is 364 Å². The highest BCUT2D eigenvalue weighted by atomic mass is 16.3. The molecule has 63 heavy (non-hydrogen) atoms. The molecule has 0 atom stereocenters. The highest BCUT2D eigenvalue weighted by Crippen LogP contribution is 2.50. The van der Waals surface area contributed by atoms with Crippen molar-refractivity contribution in [2.75, 3.05) is 0 Å². The van der Waals surface area contributed by atoms with Crippen molar-refractivity contribution in [2.24, 2.45) is 0 Å². The van der Waals surface area contributed by atoms with Gasteiger partial charge in [-0.05, 0) is 134 Å². The summed E-state index contributed by atoms with van der Waals surface area (Å²) in [5, 5.41) is 14.7. The zero-order valence-corrected chi connectivity index (χ0v) is 34.3. The number of hydrogen-bond acceptors (Lipinski definition) is 1. The SMILES string of the molecule is c1ccc(-c2c(-c3c(-c4ccccc4)c4ccccc4c4ccccc34)ccc3cc(-c4c5ccccc5c(-c5ccc6oc7ccccc7c6c5)c5ccccc45)ccc23)cc1.